The van der Waals surface area contributed by atoms with Crippen LogP contribution in [-0.4, -0.2) is 37.2 Å². The van der Waals surface area contributed by atoms with E-state index in [4.69, 9.17) is 14.2 Å². The van der Waals surface area contributed by atoms with Gasteiger partial charge in [0.15, 0.2) is 6.10 Å². The molecule has 0 N–H and O–H groups in total. The Bertz CT molecular complexity index is 1670. The third-order valence-corrected chi connectivity index (χ3v) is 14.4. The van der Waals surface area contributed by atoms with Crippen LogP contribution < -0.4 is 0 Å². The minimum atomic E-state index is -0.811. The van der Waals surface area contributed by atoms with Crippen molar-refractivity contribution in [3.8, 4) is 0 Å². The van der Waals surface area contributed by atoms with E-state index in [9.17, 15) is 14.4 Å². The van der Waals surface area contributed by atoms with Crippen molar-refractivity contribution in [3.63, 3.8) is 0 Å². The lowest BCUT2D eigenvalue weighted by Crippen LogP contribution is -2.30. The molecule has 0 saturated carbocycles. The topological polar surface area (TPSA) is 78.9 Å². The smallest absolute Gasteiger partial charge is 0.306 e. The lowest BCUT2D eigenvalue weighted by molar-refractivity contribution is -0.167. The number of hydrogen-bond acceptors (Lipinski definition) is 6. The predicted octanol–water partition coefficient (Wildman–Crippen LogP) is 23.6. The third kappa shape index (κ3) is 66.5. The van der Waals surface area contributed by atoms with E-state index in [2.05, 4.69) is 142 Å². The minimum absolute atomic E-state index is 0.102. The van der Waals surface area contributed by atoms with Crippen LogP contribution in [0.2, 0.25) is 0 Å². The summed E-state index contributed by atoms with van der Waals surface area (Å²) >= 11 is 0. The second-order valence-corrected chi connectivity index (χ2v) is 22.3. The number of carbonyl (C=O) groups excluding carboxylic acids is 3. The van der Waals surface area contributed by atoms with Gasteiger partial charge in [0.1, 0.15) is 13.2 Å². The van der Waals surface area contributed by atoms with Crippen molar-refractivity contribution in [1.29, 1.82) is 0 Å². The summed E-state index contributed by atoms with van der Waals surface area (Å²) in [6.07, 6.45) is 95.0. The summed E-state index contributed by atoms with van der Waals surface area (Å²) in [5.74, 6) is -0.964. The van der Waals surface area contributed by atoms with Crippen LogP contribution in [0.15, 0.2) is 122 Å². The van der Waals surface area contributed by atoms with E-state index in [1.807, 2.05) is 0 Å². The molecule has 6 nitrogen and oxygen atoms in total. The number of hydrogen-bond donors (Lipinski definition) is 0. The molecule has 0 spiro atoms. The Morgan fingerprint density at radius 2 is 0.494 bits per heavy atom. The fraction of sp³-hybridized carbons (Fsp3) is 0.693. The van der Waals surface area contributed by atoms with E-state index >= 15 is 0 Å². The quantitative estimate of drug-likeness (QED) is 0.0261. The Morgan fingerprint density at radius 3 is 0.802 bits per heavy atom. The van der Waals surface area contributed by atoms with Gasteiger partial charge in [-0.25, -0.2) is 0 Å². The van der Waals surface area contributed by atoms with Gasteiger partial charge in [-0.15, -0.1) is 0 Å². The Kier molecular flexibility index (Phi) is 64.8. The van der Waals surface area contributed by atoms with Crippen molar-refractivity contribution >= 4 is 17.9 Å². The fourth-order valence-electron chi connectivity index (χ4n) is 9.34. The van der Waals surface area contributed by atoms with E-state index < -0.39 is 6.10 Å². The third-order valence-electron chi connectivity index (χ3n) is 14.4. The minimum Gasteiger partial charge on any atom is -0.462 e. The standard InChI is InChI=1S/C75H126O6/c1-4-7-10-13-16-19-22-25-28-31-33-35-37-39-41-44-47-50-53-56-59-62-65-68-74(77)80-71-72(70-79-73(76)67-64-61-58-55-52-49-46-43-30-27-24-21-18-15-12-9-6-3)81-75(78)69-66-63-60-57-54-51-48-45-42-40-38-36-34-32-29-26-23-20-17-14-11-8-5-2/h9,12,18,21-23,25-27,30-34,37,39,46,49,55,58,72H,4-8,10-11,13-17,19-20,24,28-29,35-36,38,40-45,47-48,50-54,56-57,59-71H2,1-3H3/b12-9-,21-18-,25-22-,26-23-,30-27-,33-31-,34-32-,39-37-,49-46-,58-55-. The SMILES string of the molecule is CC/C=C\C/C=C\C/C=C\C/C=C\C/C=C\CCCC(=O)OCC(COC(=O)CCCCCCCCCC/C=C\C/C=C\C/C=C\CCCCCCC)OC(=O)CCCCCCCCCCCCC/C=C\C/C=C\CCCCCCC. The van der Waals surface area contributed by atoms with Crippen LogP contribution in [-0.2, 0) is 28.6 Å². The molecule has 6 heteroatoms. The Morgan fingerprint density at radius 1 is 0.259 bits per heavy atom. The van der Waals surface area contributed by atoms with Crippen molar-refractivity contribution in [1.82, 2.24) is 0 Å². The number of ether oxygens (including phenoxy) is 3. The first-order valence-electron chi connectivity index (χ1n) is 34.0. The van der Waals surface area contributed by atoms with Gasteiger partial charge in [-0.3, -0.25) is 14.4 Å². The van der Waals surface area contributed by atoms with Gasteiger partial charge in [-0.1, -0.05) is 290 Å². The van der Waals surface area contributed by atoms with Crippen molar-refractivity contribution < 1.29 is 28.6 Å². The van der Waals surface area contributed by atoms with Crippen LogP contribution in [0.1, 0.15) is 316 Å². The second-order valence-electron chi connectivity index (χ2n) is 22.3. The molecule has 0 bridgehead atoms. The maximum atomic E-state index is 13.0. The zero-order valence-electron chi connectivity index (χ0n) is 53.0. The molecule has 0 aromatic carbocycles. The van der Waals surface area contributed by atoms with E-state index in [1.165, 1.54) is 167 Å². The van der Waals surface area contributed by atoms with E-state index in [-0.39, 0.29) is 37.5 Å². The first kappa shape index (κ1) is 76.8. The van der Waals surface area contributed by atoms with Gasteiger partial charge in [0.2, 0.25) is 0 Å². The summed E-state index contributed by atoms with van der Waals surface area (Å²) in [6, 6.07) is 0. The predicted molar refractivity (Wildman–Crippen MR) is 353 cm³/mol. The molecule has 0 radical (unpaired) electrons. The van der Waals surface area contributed by atoms with Crippen LogP contribution in [0, 0.1) is 0 Å². The van der Waals surface area contributed by atoms with Crippen LogP contribution >= 0.6 is 0 Å². The van der Waals surface area contributed by atoms with Gasteiger partial charge >= 0.3 is 17.9 Å². The van der Waals surface area contributed by atoms with Crippen LogP contribution in [0.4, 0.5) is 0 Å². The summed E-state index contributed by atoms with van der Waals surface area (Å²) in [5, 5.41) is 0. The average Bonchev–Trinajstić information content (AvgIpc) is 3.47. The molecule has 0 amide bonds. The average molecular weight is 1120 g/mol. The zero-order valence-corrected chi connectivity index (χ0v) is 53.0. The molecule has 0 aromatic rings. The molecule has 81 heavy (non-hydrogen) atoms. The largest absolute Gasteiger partial charge is 0.462 e. The van der Waals surface area contributed by atoms with Crippen LogP contribution in [0.3, 0.4) is 0 Å². The number of esters is 3. The lowest BCUT2D eigenvalue weighted by Gasteiger charge is -2.18. The molecule has 0 heterocycles. The lowest BCUT2D eigenvalue weighted by atomic mass is 10.0. The molecule has 1 atom stereocenters. The first-order valence-corrected chi connectivity index (χ1v) is 34.0. The maximum absolute atomic E-state index is 13.0. The zero-order chi connectivity index (χ0) is 58.5. The maximum Gasteiger partial charge on any atom is 0.306 e. The summed E-state index contributed by atoms with van der Waals surface area (Å²) in [5.41, 5.74) is 0. The molecule has 0 aromatic heterocycles. The number of allylic oxidation sites excluding steroid dienone is 20. The van der Waals surface area contributed by atoms with Gasteiger partial charge in [0, 0.05) is 19.3 Å². The van der Waals surface area contributed by atoms with Gasteiger partial charge in [0.25, 0.3) is 0 Å². The molecule has 0 aliphatic rings. The van der Waals surface area contributed by atoms with Crippen molar-refractivity contribution in [2.75, 3.05) is 13.2 Å². The summed E-state index contributed by atoms with van der Waals surface area (Å²) < 4.78 is 16.9. The highest BCUT2D eigenvalue weighted by Crippen LogP contribution is 2.16. The fourth-order valence-corrected chi connectivity index (χ4v) is 9.34. The molecule has 0 saturated heterocycles. The van der Waals surface area contributed by atoms with E-state index in [1.54, 1.807) is 0 Å². The summed E-state index contributed by atoms with van der Waals surface area (Å²) in [7, 11) is 0. The summed E-state index contributed by atoms with van der Waals surface area (Å²) in [6.45, 7) is 6.47. The number of carbonyl (C=O) groups is 3. The highest BCUT2D eigenvalue weighted by atomic mass is 16.6. The summed E-state index contributed by atoms with van der Waals surface area (Å²) in [4.78, 5) is 38.4. The van der Waals surface area contributed by atoms with Gasteiger partial charge in [-0.2, -0.15) is 0 Å². The first-order chi connectivity index (χ1) is 40.0. The van der Waals surface area contributed by atoms with Crippen molar-refractivity contribution in [2.24, 2.45) is 0 Å². The number of rotatable bonds is 61. The molecular formula is C75H126O6. The van der Waals surface area contributed by atoms with Gasteiger partial charge < -0.3 is 14.2 Å². The Balaban J connectivity index is 4.45. The van der Waals surface area contributed by atoms with E-state index in [0.29, 0.717) is 19.3 Å². The van der Waals surface area contributed by atoms with Crippen LogP contribution in [0.25, 0.3) is 0 Å². The highest BCUT2D eigenvalue weighted by molar-refractivity contribution is 5.71. The normalized spacial score (nSPS) is 12.9. The Hall–Kier alpha value is -4.19. The molecular weight excluding hydrogens is 997 g/mol. The molecule has 0 aliphatic heterocycles. The number of unbranched alkanes of at least 4 members (excludes halogenated alkanes) is 30. The monoisotopic (exact) mass is 1120 g/mol. The van der Waals surface area contributed by atoms with E-state index in [0.717, 1.165) is 103 Å². The van der Waals surface area contributed by atoms with Crippen LogP contribution in [0.5, 0.6) is 0 Å². The molecule has 0 aliphatic carbocycles. The molecule has 0 fully saturated rings. The van der Waals surface area contributed by atoms with Crippen molar-refractivity contribution in [3.05, 3.63) is 122 Å². The molecule has 1 unspecified atom stereocenters. The van der Waals surface area contributed by atoms with Crippen molar-refractivity contribution in [2.45, 2.75) is 322 Å². The highest BCUT2D eigenvalue weighted by Gasteiger charge is 2.19. The van der Waals surface area contributed by atoms with Gasteiger partial charge in [0.05, 0.1) is 0 Å². The van der Waals surface area contributed by atoms with Gasteiger partial charge in [-0.05, 0) is 128 Å². The molecule has 0 rings (SSSR count). The molecule has 462 valence electrons. The second kappa shape index (κ2) is 68.3. The Labute approximate surface area is 501 Å².